The van der Waals surface area contributed by atoms with Crippen LogP contribution in [-0.2, 0) is 28.4 Å². The summed E-state index contributed by atoms with van der Waals surface area (Å²) in [4.78, 5) is 65.9. The molecule has 1 aromatic rings. The molecule has 1 fully saturated rings. The Bertz CT molecular complexity index is 954. The third-order valence-corrected chi connectivity index (χ3v) is 5.09. The fourth-order valence-electron chi connectivity index (χ4n) is 2.86. The molecule has 0 bridgehead atoms. The molecule has 12 nitrogen and oxygen atoms in total. The van der Waals surface area contributed by atoms with Crippen molar-refractivity contribution in [1.82, 2.24) is 9.55 Å². The summed E-state index contributed by atoms with van der Waals surface area (Å²) in [5.41, 5.74) is -6.72. The van der Waals surface area contributed by atoms with Gasteiger partial charge in [-0.2, -0.15) is 8.78 Å². The Hall–Kier alpha value is -2.41. The lowest BCUT2D eigenvalue weighted by Gasteiger charge is -2.30. The van der Waals surface area contributed by atoms with Crippen LogP contribution < -0.4 is 11.2 Å². The molecule has 1 aromatic heterocycles. The van der Waals surface area contributed by atoms with Crippen molar-refractivity contribution in [2.45, 2.75) is 37.9 Å². The van der Waals surface area contributed by atoms with Gasteiger partial charge in [-0.1, -0.05) is 0 Å². The lowest BCUT2D eigenvalue weighted by Crippen LogP contribution is -2.45. The second kappa shape index (κ2) is 8.14. The summed E-state index contributed by atoms with van der Waals surface area (Å²) in [5, 5.41) is 0. The minimum Gasteiger partial charge on any atom is -0.463 e. The van der Waals surface area contributed by atoms with Gasteiger partial charge in [0.1, 0.15) is 18.6 Å². The van der Waals surface area contributed by atoms with Crippen molar-refractivity contribution in [1.29, 1.82) is 0 Å². The predicted octanol–water partition coefficient (Wildman–Crippen LogP) is -0.685. The summed E-state index contributed by atoms with van der Waals surface area (Å²) in [6.45, 7) is 0.930. The average Bonchev–Trinajstić information content (AvgIpc) is 2.89. The van der Waals surface area contributed by atoms with Crippen LogP contribution >= 0.6 is 7.60 Å². The van der Waals surface area contributed by atoms with Crippen molar-refractivity contribution in [3.05, 3.63) is 33.1 Å². The maximum Gasteiger partial charge on any atom is 0.395 e. The molecule has 2 rings (SSSR count). The summed E-state index contributed by atoms with van der Waals surface area (Å²) < 4.78 is 56.0. The number of hydrogen-bond donors (Lipinski definition) is 3. The molecular weight excluding hydrogens is 425 g/mol. The first-order chi connectivity index (χ1) is 13.3. The van der Waals surface area contributed by atoms with Crippen LogP contribution in [0.15, 0.2) is 21.9 Å². The number of alkyl halides is 2. The minimum absolute atomic E-state index is 0.603. The smallest absolute Gasteiger partial charge is 0.395 e. The van der Waals surface area contributed by atoms with Crippen LogP contribution in [0, 0.1) is 5.92 Å². The quantitative estimate of drug-likeness (QED) is 0.378. The first-order valence-corrected chi connectivity index (χ1v) is 9.58. The van der Waals surface area contributed by atoms with Gasteiger partial charge < -0.3 is 24.0 Å². The fraction of sp³-hybridized carbons (Fsp3) is 0.571. The number of nitrogens with zero attached hydrogens (tertiary/aromatic N) is 1. The van der Waals surface area contributed by atoms with Gasteiger partial charge in [-0.05, 0) is 0 Å². The summed E-state index contributed by atoms with van der Waals surface area (Å²) >= 11 is 0. The molecule has 0 aliphatic carbocycles. The zero-order chi connectivity index (χ0) is 22.1. The van der Waals surface area contributed by atoms with Gasteiger partial charge in [-0.3, -0.25) is 28.5 Å². The van der Waals surface area contributed by atoms with Gasteiger partial charge in [0, 0.05) is 26.1 Å². The van der Waals surface area contributed by atoms with E-state index < -0.39 is 67.4 Å². The number of carbonyl (C=O) groups excluding carboxylic acids is 2. The number of carbonyl (C=O) groups is 2. The summed E-state index contributed by atoms with van der Waals surface area (Å²) in [7, 11) is -6.11. The minimum atomic E-state index is -6.11. The van der Waals surface area contributed by atoms with E-state index in [2.05, 4.69) is 4.74 Å². The third kappa shape index (κ3) is 4.78. The standard InChI is InChI=1S/C14H17F2N2O10P/c1-6(19)26-5-8-10(14(15,16)29(23,24)25)11(27-7(2)20)12(28-8)18-4-3-9(21)17-13(18)22/h3-4,8,10-12H,5H2,1-2H3,(H,17,21,22)(H2,23,24,25)/t8-,10-,11-,12-/m1/s1. The topological polar surface area (TPSA) is 174 Å². The van der Waals surface area contributed by atoms with E-state index in [1.54, 1.807) is 0 Å². The number of ether oxygens (including phenoxy) is 3. The highest BCUT2D eigenvalue weighted by molar-refractivity contribution is 7.53. The maximum atomic E-state index is 14.6. The molecule has 0 radical (unpaired) electrons. The molecule has 4 atom stereocenters. The van der Waals surface area contributed by atoms with Gasteiger partial charge in [0.05, 0.1) is 0 Å². The van der Waals surface area contributed by atoms with Crippen LogP contribution in [0.4, 0.5) is 8.78 Å². The Morgan fingerprint density at radius 3 is 2.41 bits per heavy atom. The lowest BCUT2D eigenvalue weighted by molar-refractivity contribution is -0.158. The molecule has 0 aromatic carbocycles. The molecule has 3 N–H and O–H groups in total. The van der Waals surface area contributed by atoms with Crippen LogP contribution in [-0.4, -0.2) is 55.8 Å². The number of rotatable bonds is 6. The Labute approximate surface area is 160 Å². The molecule has 29 heavy (non-hydrogen) atoms. The highest BCUT2D eigenvalue weighted by atomic mass is 31.2. The number of nitrogens with one attached hydrogen (secondary N) is 1. The molecule has 1 aliphatic heterocycles. The number of halogens is 2. The van der Waals surface area contributed by atoms with E-state index in [9.17, 15) is 32.5 Å². The van der Waals surface area contributed by atoms with Crippen LogP contribution in [0.3, 0.4) is 0 Å². The number of aromatic amines is 1. The van der Waals surface area contributed by atoms with Crippen LogP contribution in [0.1, 0.15) is 20.1 Å². The third-order valence-electron chi connectivity index (χ3n) is 4.02. The second-order valence-corrected chi connectivity index (χ2v) is 7.80. The van der Waals surface area contributed by atoms with E-state index in [4.69, 9.17) is 19.3 Å². The number of aromatic nitrogens is 2. The average molecular weight is 442 g/mol. The summed E-state index contributed by atoms with van der Waals surface area (Å²) in [5.74, 6) is -4.50. The van der Waals surface area contributed by atoms with Crippen molar-refractivity contribution in [3.63, 3.8) is 0 Å². The molecule has 2 heterocycles. The SMILES string of the molecule is CC(=O)OC[C@H]1O[C@@H](n2ccc(=O)[nH]c2=O)[C@H](OC(C)=O)[C@@H]1C(F)(F)P(=O)(O)O. The highest BCUT2D eigenvalue weighted by Gasteiger charge is 2.67. The maximum absolute atomic E-state index is 14.6. The lowest BCUT2D eigenvalue weighted by atomic mass is 9.98. The van der Waals surface area contributed by atoms with Crippen molar-refractivity contribution in [3.8, 4) is 0 Å². The molecule has 1 aliphatic rings. The molecule has 0 saturated carbocycles. The second-order valence-electron chi connectivity index (χ2n) is 6.12. The van der Waals surface area contributed by atoms with E-state index >= 15 is 0 Å². The van der Waals surface area contributed by atoms with E-state index in [1.165, 1.54) is 0 Å². The molecular formula is C14H17F2N2O10P. The zero-order valence-corrected chi connectivity index (χ0v) is 15.9. The Balaban J connectivity index is 2.61. The predicted molar refractivity (Wildman–Crippen MR) is 87.9 cm³/mol. The molecule has 0 unspecified atom stereocenters. The number of H-pyrrole nitrogens is 1. The number of esters is 2. The van der Waals surface area contributed by atoms with E-state index in [0.717, 1.165) is 26.1 Å². The van der Waals surface area contributed by atoms with Crippen LogP contribution in [0.25, 0.3) is 0 Å². The summed E-state index contributed by atoms with van der Waals surface area (Å²) in [6.07, 6.45) is -4.87. The molecule has 162 valence electrons. The van der Waals surface area contributed by atoms with E-state index in [0.29, 0.717) is 4.57 Å². The van der Waals surface area contributed by atoms with Gasteiger partial charge in [0.2, 0.25) is 0 Å². The molecule has 1 saturated heterocycles. The van der Waals surface area contributed by atoms with Crippen molar-refractivity contribution in [2.24, 2.45) is 5.92 Å². The van der Waals surface area contributed by atoms with Crippen molar-refractivity contribution < 1.29 is 46.9 Å². The Kier molecular flexibility index (Phi) is 6.42. The highest BCUT2D eigenvalue weighted by Crippen LogP contribution is 2.61. The van der Waals surface area contributed by atoms with Gasteiger partial charge in [-0.15, -0.1) is 0 Å². The number of hydrogen-bond acceptors (Lipinski definition) is 8. The van der Waals surface area contributed by atoms with Crippen LogP contribution in [0.5, 0.6) is 0 Å². The van der Waals surface area contributed by atoms with Gasteiger partial charge in [0.15, 0.2) is 12.3 Å². The monoisotopic (exact) mass is 442 g/mol. The Morgan fingerprint density at radius 1 is 1.31 bits per heavy atom. The Morgan fingerprint density at radius 2 is 1.93 bits per heavy atom. The summed E-state index contributed by atoms with van der Waals surface area (Å²) in [6, 6.07) is 0.852. The first-order valence-electron chi connectivity index (χ1n) is 7.96. The van der Waals surface area contributed by atoms with E-state index in [1.807, 2.05) is 4.98 Å². The molecule has 0 amide bonds. The largest absolute Gasteiger partial charge is 0.463 e. The van der Waals surface area contributed by atoms with Crippen molar-refractivity contribution >= 4 is 19.5 Å². The molecule has 0 spiro atoms. The molecule has 15 heteroatoms. The zero-order valence-electron chi connectivity index (χ0n) is 15.0. The normalized spacial score (nSPS) is 24.9. The van der Waals surface area contributed by atoms with E-state index in [-0.39, 0.29) is 0 Å². The van der Waals surface area contributed by atoms with Crippen molar-refractivity contribution in [2.75, 3.05) is 6.61 Å². The van der Waals surface area contributed by atoms with Gasteiger partial charge in [0.25, 0.3) is 5.56 Å². The van der Waals surface area contributed by atoms with Gasteiger partial charge in [-0.25, -0.2) is 4.79 Å². The van der Waals surface area contributed by atoms with Crippen LogP contribution in [0.2, 0.25) is 0 Å². The first kappa shape index (κ1) is 22.9. The fourth-order valence-corrected chi connectivity index (χ4v) is 3.56. The van der Waals surface area contributed by atoms with Gasteiger partial charge >= 0.3 is 30.9 Å².